The van der Waals surface area contributed by atoms with Gasteiger partial charge in [0.05, 0.1) is 0 Å². The summed E-state index contributed by atoms with van der Waals surface area (Å²) < 4.78 is 0.868. The second-order valence-corrected chi connectivity index (χ2v) is 7.55. The lowest BCUT2D eigenvalue weighted by atomic mass is 10.4. The molecule has 0 saturated heterocycles. The van der Waals surface area contributed by atoms with Crippen LogP contribution in [0.4, 0.5) is 0 Å². The van der Waals surface area contributed by atoms with E-state index in [1.54, 1.807) is 22.7 Å². The minimum absolute atomic E-state index is 0.271. The molecule has 3 heterocycles. The molecule has 0 amide bonds. The first-order valence-corrected chi connectivity index (χ1v) is 7.86. The minimum Gasteiger partial charge on any atom is -0.210 e. The van der Waals surface area contributed by atoms with Gasteiger partial charge in [0.2, 0.25) is 5.28 Å². The number of fused-ring (bicyclic) bond motifs is 1. The van der Waals surface area contributed by atoms with E-state index >= 15 is 0 Å². The fraction of sp³-hybridized carbons (Fsp3) is 0.200. The molecule has 0 aliphatic heterocycles. The third-order valence-corrected chi connectivity index (χ3v) is 5.15. The zero-order valence-corrected chi connectivity index (χ0v) is 12.7. The van der Waals surface area contributed by atoms with E-state index in [0.29, 0.717) is 0 Å². The van der Waals surface area contributed by atoms with Gasteiger partial charge in [0.1, 0.15) is 14.9 Å². The molecule has 0 bridgehead atoms. The molecule has 0 radical (unpaired) electrons. The van der Waals surface area contributed by atoms with E-state index in [2.05, 4.69) is 26.2 Å². The number of hydrogen-bond acceptors (Lipinski definition) is 7. The molecule has 0 aromatic carbocycles. The SMILES string of the molecule is Cc1cc2c(Sc3nnc(C)s3)nc(Cl)nc2s1. The van der Waals surface area contributed by atoms with Gasteiger partial charge in [0, 0.05) is 10.3 Å². The summed E-state index contributed by atoms with van der Waals surface area (Å²) >= 11 is 10.6. The highest BCUT2D eigenvalue weighted by Crippen LogP contribution is 2.36. The maximum Gasteiger partial charge on any atom is 0.224 e. The summed E-state index contributed by atoms with van der Waals surface area (Å²) in [5, 5.41) is 11.2. The highest BCUT2D eigenvalue weighted by atomic mass is 35.5. The van der Waals surface area contributed by atoms with Crippen molar-refractivity contribution in [2.45, 2.75) is 23.2 Å². The number of aromatic nitrogens is 4. The summed E-state index contributed by atoms with van der Waals surface area (Å²) in [5.74, 6) is 0. The van der Waals surface area contributed by atoms with Crippen molar-refractivity contribution in [2.75, 3.05) is 0 Å². The van der Waals surface area contributed by atoms with Crippen LogP contribution in [-0.4, -0.2) is 20.2 Å². The number of rotatable bonds is 2. The summed E-state index contributed by atoms with van der Waals surface area (Å²) in [5.41, 5.74) is 0. The van der Waals surface area contributed by atoms with Crippen molar-refractivity contribution in [3.63, 3.8) is 0 Å². The van der Waals surface area contributed by atoms with Gasteiger partial charge in [-0.1, -0.05) is 11.3 Å². The van der Waals surface area contributed by atoms with Gasteiger partial charge in [0.15, 0.2) is 4.34 Å². The second-order valence-electron chi connectivity index (χ2n) is 3.56. The lowest BCUT2D eigenvalue weighted by Gasteiger charge is -1.99. The smallest absolute Gasteiger partial charge is 0.210 e. The molecule has 0 saturated carbocycles. The topological polar surface area (TPSA) is 51.6 Å². The van der Waals surface area contributed by atoms with Crippen LogP contribution >= 0.6 is 46.0 Å². The first-order valence-electron chi connectivity index (χ1n) is 5.03. The van der Waals surface area contributed by atoms with Crippen molar-refractivity contribution in [1.82, 2.24) is 20.2 Å². The number of halogens is 1. The Labute approximate surface area is 120 Å². The molecule has 0 N–H and O–H groups in total. The Bertz CT molecular complexity index is 721. The molecule has 92 valence electrons. The van der Waals surface area contributed by atoms with Crippen molar-refractivity contribution in [1.29, 1.82) is 0 Å². The molecule has 0 aliphatic rings. The van der Waals surface area contributed by atoms with Crippen molar-refractivity contribution < 1.29 is 0 Å². The normalized spacial score (nSPS) is 11.3. The van der Waals surface area contributed by atoms with Gasteiger partial charge in [0.25, 0.3) is 0 Å². The highest BCUT2D eigenvalue weighted by molar-refractivity contribution is 8.01. The summed E-state index contributed by atoms with van der Waals surface area (Å²) in [6.45, 7) is 3.98. The number of aryl methyl sites for hydroxylation is 2. The van der Waals surface area contributed by atoms with Gasteiger partial charge < -0.3 is 0 Å². The van der Waals surface area contributed by atoms with Crippen LogP contribution < -0.4 is 0 Å². The minimum atomic E-state index is 0.271. The molecule has 0 unspecified atom stereocenters. The Morgan fingerprint density at radius 1 is 1.17 bits per heavy atom. The monoisotopic (exact) mass is 314 g/mol. The lowest BCUT2D eigenvalue weighted by molar-refractivity contribution is 0.981. The fourth-order valence-corrected chi connectivity index (χ4v) is 4.51. The van der Waals surface area contributed by atoms with Crippen molar-refractivity contribution in [3.8, 4) is 0 Å². The van der Waals surface area contributed by atoms with Crippen molar-refractivity contribution in [3.05, 3.63) is 21.2 Å². The molecule has 3 aromatic heterocycles. The molecule has 0 spiro atoms. The van der Waals surface area contributed by atoms with E-state index in [-0.39, 0.29) is 5.28 Å². The van der Waals surface area contributed by atoms with Crippen molar-refractivity contribution in [2.24, 2.45) is 0 Å². The van der Waals surface area contributed by atoms with E-state index < -0.39 is 0 Å². The predicted octanol–water partition coefficient (Wildman–Crippen LogP) is 3.96. The number of nitrogens with zero attached hydrogens (tertiary/aromatic N) is 4. The summed E-state index contributed by atoms with van der Waals surface area (Å²) in [4.78, 5) is 10.6. The van der Waals surface area contributed by atoms with E-state index in [0.717, 1.165) is 24.6 Å². The molecule has 18 heavy (non-hydrogen) atoms. The molecule has 0 fully saturated rings. The predicted molar refractivity (Wildman–Crippen MR) is 75.9 cm³/mol. The maximum atomic E-state index is 5.94. The number of hydrogen-bond donors (Lipinski definition) is 0. The average Bonchev–Trinajstić information content (AvgIpc) is 2.84. The molecule has 0 atom stereocenters. The van der Waals surface area contributed by atoms with Gasteiger partial charge >= 0.3 is 0 Å². The Hall–Kier alpha value is -0.760. The lowest BCUT2D eigenvalue weighted by Crippen LogP contribution is -1.86. The van der Waals surface area contributed by atoms with Crippen LogP contribution in [0.2, 0.25) is 5.28 Å². The number of thiophene rings is 1. The third-order valence-electron chi connectivity index (χ3n) is 2.15. The Balaban J connectivity index is 2.10. The van der Waals surface area contributed by atoms with Gasteiger partial charge in [-0.15, -0.1) is 21.5 Å². The first kappa shape index (κ1) is 12.3. The zero-order chi connectivity index (χ0) is 12.7. The quantitative estimate of drug-likeness (QED) is 0.529. The maximum absolute atomic E-state index is 5.94. The summed E-state index contributed by atoms with van der Waals surface area (Å²) in [6, 6.07) is 2.08. The first-order chi connectivity index (χ1) is 8.61. The van der Waals surface area contributed by atoms with Gasteiger partial charge in [-0.25, -0.2) is 9.97 Å². The highest BCUT2D eigenvalue weighted by Gasteiger charge is 2.13. The van der Waals surface area contributed by atoms with Crippen LogP contribution in [0.15, 0.2) is 15.4 Å². The standard InChI is InChI=1S/C10H7ClN4S3/c1-4-3-6-7(16-4)12-9(11)13-8(6)18-10-15-14-5(2)17-10/h3H,1-2H3. The molecular formula is C10H7ClN4S3. The van der Waals surface area contributed by atoms with Gasteiger partial charge in [-0.2, -0.15) is 0 Å². The van der Waals surface area contributed by atoms with E-state index in [1.165, 1.54) is 16.6 Å². The van der Waals surface area contributed by atoms with E-state index in [9.17, 15) is 0 Å². The van der Waals surface area contributed by atoms with Crippen LogP contribution in [0.25, 0.3) is 10.2 Å². The van der Waals surface area contributed by atoms with E-state index in [4.69, 9.17) is 11.6 Å². The molecule has 4 nitrogen and oxygen atoms in total. The van der Waals surface area contributed by atoms with Crippen LogP contribution in [0, 0.1) is 13.8 Å². The van der Waals surface area contributed by atoms with Crippen molar-refractivity contribution >= 4 is 56.3 Å². The fourth-order valence-electron chi connectivity index (χ4n) is 1.47. The third kappa shape index (κ3) is 2.35. The summed E-state index contributed by atoms with van der Waals surface area (Å²) in [6.07, 6.45) is 0. The molecule has 0 aliphatic carbocycles. The van der Waals surface area contributed by atoms with E-state index in [1.807, 2.05) is 13.8 Å². The Kier molecular flexibility index (Phi) is 3.23. The molecule has 3 rings (SSSR count). The summed E-state index contributed by atoms with van der Waals surface area (Å²) in [7, 11) is 0. The molecule has 3 aromatic rings. The average molecular weight is 315 g/mol. The Morgan fingerprint density at radius 3 is 2.72 bits per heavy atom. The zero-order valence-electron chi connectivity index (χ0n) is 9.47. The molecular weight excluding hydrogens is 308 g/mol. The second kappa shape index (κ2) is 4.73. The molecule has 8 heteroatoms. The van der Waals surface area contributed by atoms with Gasteiger partial charge in [-0.3, -0.25) is 0 Å². The Morgan fingerprint density at radius 2 is 2.00 bits per heavy atom. The van der Waals surface area contributed by atoms with Crippen LogP contribution in [0.3, 0.4) is 0 Å². The largest absolute Gasteiger partial charge is 0.224 e. The van der Waals surface area contributed by atoms with Gasteiger partial charge in [-0.05, 0) is 43.3 Å². The van der Waals surface area contributed by atoms with Crippen LogP contribution in [0.1, 0.15) is 9.88 Å². The van der Waals surface area contributed by atoms with Crippen LogP contribution in [0.5, 0.6) is 0 Å². The van der Waals surface area contributed by atoms with Crippen LogP contribution in [-0.2, 0) is 0 Å².